The largest absolute Gasteiger partial charge is 0.368 e. The predicted octanol–water partition coefficient (Wildman–Crippen LogP) is 0.672. The summed E-state index contributed by atoms with van der Waals surface area (Å²) in [4.78, 5) is 24.7. The fourth-order valence-corrected chi connectivity index (χ4v) is 4.17. The van der Waals surface area contributed by atoms with E-state index in [-0.39, 0.29) is 18.4 Å². The van der Waals surface area contributed by atoms with E-state index in [1.807, 2.05) is 0 Å². The van der Waals surface area contributed by atoms with Gasteiger partial charge in [-0.15, -0.1) is 11.3 Å². The SMILES string of the molecule is Cn1c(C(=O)NCc2ccnc(N)n2)c(C=N)c2sc(S(C)=O)nc21. The van der Waals surface area contributed by atoms with Crippen molar-refractivity contribution < 1.29 is 9.00 Å². The molecule has 0 fully saturated rings. The molecule has 0 saturated carbocycles. The average Bonchev–Trinajstić information content (AvgIpc) is 3.11. The topological polar surface area (TPSA) is 140 Å². The number of fused-ring (bicyclic) bond motifs is 1. The molecular weight excluding hydrogens is 362 g/mol. The molecule has 0 bridgehead atoms. The van der Waals surface area contributed by atoms with Gasteiger partial charge in [0.2, 0.25) is 5.95 Å². The van der Waals surface area contributed by atoms with Crippen LogP contribution in [-0.4, -0.2) is 42.1 Å². The Labute approximate surface area is 149 Å². The first-order chi connectivity index (χ1) is 11.9. The minimum Gasteiger partial charge on any atom is -0.368 e. The molecule has 0 saturated heterocycles. The number of thiazole rings is 1. The quantitative estimate of drug-likeness (QED) is 0.558. The number of hydrogen-bond donors (Lipinski definition) is 3. The maximum Gasteiger partial charge on any atom is 0.269 e. The summed E-state index contributed by atoms with van der Waals surface area (Å²) in [5, 5.41) is 10.4. The van der Waals surface area contributed by atoms with Gasteiger partial charge in [0, 0.05) is 31.3 Å². The summed E-state index contributed by atoms with van der Waals surface area (Å²) >= 11 is 1.22. The second-order valence-electron chi connectivity index (χ2n) is 5.14. The lowest BCUT2D eigenvalue weighted by molar-refractivity contribution is 0.0942. The highest BCUT2D eigenvalue weighted by molar-refractivity contribution is 7.86. The molecule has 25 heavy (non-hydrogen) atoms. The molecule has 4 N–H and O–H groups in total. The lowest BCUT2D eigenvalue weighted by Gasteiger charge is -2.07. The van der Waals surface area contributed by atoms with Gasteiger partial charge >= 0.3 is 0 Å². The summed E-state index contributed by atoms with van der Waals surface area (Å²) in [6, 6.07) is 1.65. The van der Waals surface area contributed by atoms with Crippen LogP contribution >= 0.6 is 11.3 Å². The molecule has 0 aliphatic heterocycles. The van der Waals surface area contributed by atoms with E-state index in [4.69, 9.17) is 11.1 Å². The third-order valence-corrected chi connectivity index (χ3v) is 5.92. The van der Waals surface area contributed by atoms with Crippen molar-refractivity contribution in [3.05, 3.63) is 29.2 Å². The molecule has 0 aromatic carbocycles. The molecule has 0 radical (unpaired) electrons. The first-order valence-corrected chi connectivity index (χ1v) is 9.48. The Morgan fingerprint density at radius 3 is 2.92 bits per heavy atom. The van der Waals surface area contributed by atoms with Crippen LogP contribution < -0.4 is 11.1 Å². The van der Waals surface area contributed by atoms with Crippen molar-refractivity contribution in [1.29, 1.82) is 5.41 Å². The molecule has 3 aromatic heterocycles. The highest BCUT2D eigenvalue weighted by Gasteiger charge is 2.23. The number of nitrogen functional groups attached to an aromatic ring is 1. The Kier molecular flexibility index (Phi) is 4.59. The van der Waals surface area contributed by atoms with E-state index in [9.17, 15) is 9.00 Å². The lowest BCUT2D eigenvalue weighted by atomic mass is 10.2. The van der Waals surface area contributed by atoms with E-state index in [1.165, 1.54) is 17.5 Å². The summed E-state index contributed by atoms with van der Waals surface area (Å²) in [5.41, 5.74) is 7.40. The van der Waals surface area contributed by atoms with E-state index in [2.05, 4.69) is 20.3 Å². The fourth-order valence-electron chi connectivity index (χ4n) is 2.39. The van der Waals surface area contributed by atoms with Crippen LogP contribution in [0.1, 0.15) is 21.7 Å². The number of aryl methyl sites for hydroxylation is 1. The van der Waals surface area contributed by atoms with Crippen LogP contribution in [0.25, 0.3) is 10.3 Å². The Hall–Kier alpha value is -2.66. The number of rotatable bonds is 5. The summed E-state index contributed by atoms with van der Waals surface area (Å²) in [5.74, 6) is -0.224. The number of aromatic nitrogens is 4. The second kappa shape index (κ2) is 6.69. The zero-order chi connectivity index (χ0) is 18.1. The first-order valence-electron chi connectivity index (χ1n) is 7.11. The standard InChI is InChI=1S/C14H15N7O2S2/c1-21-9(12(22)18-6-7-3-4-17-13(16)19-7)8(5-15)10-11(21)20-14(24-10)25(2)23/h3-5,15H,6H2,1-2H3,(H,18,22)(H2,16,17,19). The molecule has 1 unspecified atom stereocenters. The summed E-state index contributed by atoms with van der Waals surface area (Å²) in [6.45, 7) is 0.180. The molecule has 3 heterocycles. The van der Waals surface area contributed by atoms with Gasteiger partial charge in [0.05, 0.1) is 27.7 Å². The molecule has 1 atom stereocenters. The van der Waals surface area contributed by atoms with E-state index < -0.39 is 10.8 Å². The van der Waals surface area contributed by atoms with Crippen LogP contribution in [-0.2, 0) is 24.4 Å². The van der Waals surface area contributed by atoms with Gasteiger partial charge in [-0.1, -0.05) is 0 Å². The highest BCUT2D eigenvalue weighted by Crippen LogP contribution is 2.30. The molecule has 1 amide bonds. The van der Waals surface area contributed by atoms with Gasteiger partial charge in [0.15, 0.2) is 9.99 Å². The zero-order valence-electron chi connectivity index (χ0n) is 13.4. The molecule has 3 rings (SSSR count). The highest BCUT2D eigenvalue weighted by atomic mass is 32.2. The van der Waals surface area contributed by atoms with Gasteiger partial charge in [-0.2, -0.15) is 0 Å². The van der Waals surface area contributed by atoms with Gasteiger partial charge < -0.3 is 21.0 Å². The van der Waals surface area contributed by atoms with Crippen molar-refractivity contribution in [2.24, 2.45) is 7.05 Å². The first kappa shape index (κ1) is 17.2. The van der Waals surface area contributed by atoms with E-state index in [0.717, 1.165) is 6.21 Å². The number of carbonyl (C=O) groups is 1. The summed E-state index contributed by atoms with van der Waals surface area (Å²) in [6.07, 6.45) is 4.17. The van der Waals surface area contributed by atoms with Gasteiger partial charge in [-0.25, -0.2) is 15.0 Å². The summed E-state index contributed by atoms with van der Waals surface area (Å²) < 4.78 is 14.4. The second-order valence-corrected chi connectivity index (χ2v) is 7.69. The maximum atomic E-state index is 12.6. The Balaban J connectivity index is 1.93. The van der Waals surface area contributed by atoms with Crippen LogP contribution in [0.5, 0.6) is 0 Å². The third kappa shape index (κ3) is 3.15. The molecule has 0 aliphatic rings. The predicted molar refractivity (Wildman–Crippen MR) is 96.4 cm³/mol. The normalized spacial score (nSPS) is 12.2. The molecule has 0 spiro atoms. The zero-order valence-corrected chi connectivity index (χ0v) is 15.1. The number of nitrogens with one attached hydrogen (secondary N) is 2. The van der Waals surface area contributed by atoms with Crippen LogP contribution in [0, 0.1) is 5.41 Å². The molecule has 3 aromatic rings. The van der Waals surface area contributed by atoms with Crippen molar-refractivity contribution in [2.45, 2.75) is 10.9 Å². The number of nitrogens with zero attached hydrogens (tertiary/aromatic N) is 4. The number of nitrogens with two attached hydrogens (primary N) is 1. The Morgan fingerprint density at radius 1 is 1.52 bits per heavy atom. The van der Waals surface area contributed by atoms with Gasteiger partial charge in [-0.3, -0.25) is 9.00 Å². The van der Waals surface area contributed by atoms with Crippen molar-refractivity contribution in [2.75, 3.05) is 12.0 Å². The third-order valence-electron chi connectivity index (χ3n) is 3.51. The smallest absolute Gasteiger partial charge is 0.269 e. The monoisotopic (exact) mass is 377 g/mol. The number of anilines is 1. The minimum atomic E-state index is -1.21. The minimum absolute atomic E-state index is 0.135. The van der Waals surface area contributed by atoms with Gasteiger partial charge in [0.25, 0.3) is 5.91 Å². The Morgan fingerprint density at radius 2 is 2.28 bits per heavy atom. The van der Waals surface area contributed by atoms with Gasteiger partial charge in [-0.05, 0) is 6.07 Å². The fraction of sp³-hybridized carbons (Fsp3) is 0.214. The Bertz CT molecular complexity index is 1010. The van der Waals surface area contributed by atoms with E-state index in [1.54, 1.807) is 23.9 Å². The lowest BCUT2D eigenvalue weighted by Crippen LogP contribution is -2.26. The van der Waals surface area contributed by atoms with Crippen LogP contribution in [0.3, 0.4) is 0 Å². The van der Waals surface area contributed by atoms with Crippen molar-refractivity contribution in [1.82, 2.24) is 24.8 Å². The van der Waals surface area contributed by atoms with E-state index >= 15 is 0 Å². The van der Waals surface area contributed by atoms with Crippen molar-refractivity contribution >= 4 is 50.6 Å². The number of amides is 1. The van der Waals surface area contributed by atoms with Gasteiger partial charge in [0.1, 0.15) is 5.69 Å². The maximum absolute atomic E-state index is 12.6. The van der Waals surface area contributed by atoms with Crippen LogP contribution in [0.2, 0.25) is 0 Å². The molecule has 0 aliphatic carbocycles. The molecule has 130 valence electrons. The van der Waals surface area contributed by atoms with Crippen molar-refractivity contribution in [3.8, 4) is 0 Å². The van der Waals surface area contributed by atoms with E-state index in [0.29, 0.717) is 31.6 Å². The van der Waals surface area contributed by atoms with Crippen LogP contribution in [0.4, 0.5) is 5.95 Å². The number of carbonyl (C=O) groups excluding carboxylic acids is 1. The van der Waals surface area contributed by atoms with Crippen molar-refractivity contribution in [3.63, 3.8) is 0 Å². The average molecular weight is 377 g/mol. The molecular formula is C14H15N7O2S2. The molecule has 11 heteroatoms. The molecule has 9 nitrogen and oxygen atoms in total. The number of hydrogen-bond acceptors (Lipinski definition) is 8. The summed E-state index contributed by atoms with van der Waals surface area (Å²) in [7, 11) is 0.475. The van der Waals surface area contributed by atoms with Crippen LogP contribution in [0.15, 0.2) is 16.6 Å².